The van der Waals surface area contributed by atoms with Gasteiger partial charge in [-0.2, -0.15) is 0 Å². The molecule has 0 radical (unpaired) electrons. The Hall–Kier alpha value is -3.51. The molecule has 0 spiro atoms. The maximum Gasteiger partial charge on any atom is 0.252 e. The van der Waals surface area contributed by atoms with Crippen molar-refractivity contribution in [2.45, 2.75) is 32.7 Å². The second-order valence-electron chi connectivity index (χ2n) is 9.76. The number of piperazine rings is 1. The minimum Gasteiger partial charge on any atom is -0.369 e. The van der Waals surface area contributed by atoms with E-state index in [1.54, 1.807) is 23.6 Å². The Morgan fingerprint density at radius 3 is 2.47 bits per heavy atom. The van der Waals surface area contributed by atoms with E-state index in [0.717, 1.165) is 61.9 Å². The normalized spacial score (nSPS) is 16.0. The molecule has 5 rings (SSSR count). The van der Waals surface area contributed by atoms with Gasteiger partial charge < -0.3 is 9.80 Å². The Kier molecular flexibility index (Phi) is 7.14. The number of hydrogen-bond donors (Lipinski definition) is 0. The van der Waals surface area contributed by atoms with Crippen molar-refractivity contribution in [3.05, 3.63) is 110 Å². The quantitative estimate of drug-likeness (QED) is 0.539. The summed E-state index contributed by atoms with van der Waals surface area (Å²) in [4.78, 5) is 22.6. The second-order valence-corrected chi connectivity index (χ2v) is 9.76. The first-order valence-corrected chi connectivity index (χ1v) is 12.7. The molecule has 1 aromatic heterocycles. The molecule has 0 N–H and O–H groups in total. The lowest BCUT2D eigenvalue weighted by molar-refractivity contribution is 0.313. The fraction of sp³-hybridized carbons (Fsp3) is 0.333. The number of allylic oxidation sites excluding steroid dienone is 2. The lowest BCUT2D eigenvalue weighted by Crippen LogP contribution is -2.44. The molecule has 36 heavy (non-hydrogen) atoms. The molecule has 6 heteroatoms. The zero-order valence-corrected chi connectivity index (χ0v) is 21.1. The first-order valence-electron chi connectivity index (χ1n) is 12.7. The largest absolute Gasteiger partial charge is 0.369 e. The summed E-state index contributed by atoms with van der Waals surface area (Å²) in [6.45, 7) is 6.37. The molecule has 2 aromatic carbocycles. The van der Waals surface area contributed by atoms with Crippen molar-refractivity contribution >= 4 is 11.8 Å². The Bertz CT molecular complexity index is 1450. The fourth-order valence-electron chi connectivity index (χ4n) is 4.89. The Morgan fingerprint density at radius 1 is 0.917 bits per heavy atom. The smallest absolute Gasteiger partial charge is 0.252 e. The SMILES string of the molecule is Cc1c(F)cccc1Cn1c(=O)ccc2c1=NC(CCc1ccc(N3CCN(C)CC3)cc1)=CCC=2. The molecule has 1 fully saturated rings. The van der Waals surface area contributed by atoms with Gasteiger partial charge in [-0.25, -0.2) is 9.38 Å². The summed E-state index contributed by atoms with van der Waals surface area (Å²) < 4.78 is 15.8. The van der Waals surface area contributed by atoms with Gasteiger partial charge in [0.2, 0.25) is 0 Å². The third kappa shape index (κ3) is 5.34. The standard InChI is InChI=1S/C30H33FN4O/c1-22-25(6-4-8-28(22)31)21-35-29(36)16-12-24-5-3-7-26(32-30(24)35)13-9-23-10-14-27(15-11-23)34-19-17-33(2)18-20-34/h4-8,10-12,14-16H,3,9,13,17-21H2,1-2H3. The van der Waals surface area contributed by atoms with Gasteiger partial charge in [-0.1, -0.05) is 36.4 Å². The minimum absolute atomic E-state index is 0.129. The number of hydrogen-bond acceptors (Lipinski definition) is 4. The Labute approximate surface area is 211 Å². The maximum absolute atomic E-state index is 14.1. The number of aryl methyl sites for hydroxylation is 1. The highest BCUT2D eigenvalue weighted by Gasteiger charge is 2.14. The van der Waals surface area contributed by atoms with Gasteiger partial charge in [-0.3, -0.25) is 9.36 Å². The van der Waals surface area contributed by atoms with Crippen LogP contribution in [0.5, 0.6) is 0 Å². The molecule has 0 atom stereocenters. The first-order chi connectivity index (χ1) is 17.5. The third-order valence-corrected chi connectivity index (χ3v) is 7.31. The molecule has 186 valence electrons. The molecule has 0 saturated carbocycles. The fourth-order valence-corrected chi connectivity index (χ4v) is 4.89. The van der Waals surface area contributed by atoms with Gasteiger partial charge in [0, 0.05) is 48.8 Å². The zero-order chi connectivity index (χ0) is 25.1. The van der Waals surface area contributed by atoms with Crippen LogP contribution in [-0.2, 0) is 13.0 Å². The number of benzene rings is 2. The average molecular weight is 485 g/mol. The van der Waals surface area contributed by atoms with E-state index in [1.807, 2.05) is 12.1 Å². The van der Waals surface area contributed by atoms with E-state index in [4.69, 9.17) is 4.99 Å². The van der Waals surface area contributed by atoms with Crippen molar-refractivity contribution in [3.8, 4) is 0 Å². The average Bonchev–Trinajstić information content (AvgIpc) is 3.10. The predicted molar refractivity (Wildman–Crippen MR) is 143 cm³/mol. The molecule has 0 unspecified atom stereocenters. The molecule has 0 aliphatic carbocycles. The van der Waals surface area contributed by atoms with Crippen molar-refractivity contribution < 1.29 is 4.39 Å². The first kappa shape index (κ1) is 24.2. The third-order valence-electron chi connectivity index (χ3n) is 7.31. The second kappa shape index (κ2) is 10.6. The number of fused-ring (bicyclic) bond motifs is 1. The highest BCUT2D eigenvalue weighted by atomic mass is 19.1. The van der Waals surface area contributed by atoms with Crippen LogP contribution in [0.25, 0.3) is 6.08 Å². The molecule has 2 aliphatic heterocycles. The lowest BCUT2D eigenvalue weighted by Gasteiger charge is -2.34. The number of anilines is 1. The van der Waals surface area contributed by atoms with Crippen molar-refractivity contribution in [3.63, 3.8) is 0 Å². The maximum atomic E-state index is 14.1. The summed E-state index contributed by atoms with van der Waals surface area (Å²) in [5, 5.41) is 0.937. The van der Waals surface area contributed by atoms with Gasteiger partial charge in [0.1, 0.15) is 11.3 Å². The monoisotopic (exact) mass is 484 g/mol. The summed E-state index contributed by atoms with van der Waals surface area (Å²) in [5.74, 6) is -0.259. The van der Waals surface area contributed by atoms with Crippen molar-refractivity contribution in [1.29, 1.82) is 0 Å². The molecule has 3 heterocycles. The molecular weight excluding hydrogens is 451 g/mol. The van der Waals surface area contributed by atoms with Gasteiger partial charge in [0.25, 0.3) is 5.56 Å². The van der Waals surface area contributed by atoms with E-state index in [0.29, 0.717) is 17.6 Å². The van der Waals surface area contributed by atoms with Crippen LogP contribution >= 0.6 is 0 Å². The molecule has 3 aromatic rings. The van der Waals surface area contributed by atoms with Gasteiger partial charge in [-0.15, -0.1) is 0 Å². The van der Waals surface area contributed by atoms with E-state index < -0.39 is 0 Å². The summed E-state index contributed by atoms with van der Waals surface area (Å²) >= 11 is 0. The number of aromatic nitrogens is 1. The summed E-state index contributed by atoms with van der Waals surface area (Å²) in [5.41, 5.74) is 5.41. The van der Waals surface area contributed by atoms with E-state index in [2.05, 4.69) is 53.3 Å². The molecule has 5 nitrogen and oxygen atoms in total. The van der Waals surface area contributed by atoms with E-state index in [9.17, 15) is 9.18 Å². The summed E-state index contributed by atoms with van der Waals surface area (Å²) in [6.07, 6.45) is 6.69. The highest BCUT2D eigenvalue weighted by Crippen LogP contribution is 2.19. The Balaban J connectivity index is 1.35. The highest BCUT2D eigenvalue weighted by molar-refractivity contribution is 5.48. The summed E-state index contributed by atoms with van der Waals surface area (Å²) in [7, 11) is 2.17. The van der Waals surface area contributed by atoms with Crippen LogP contribution in [0.1, 0.15) is 29.5 Å². The van der Waals surface area contributed by atoms with Crippen LogP contribution in [0.2, 0.25) is 0 Å². The van der Waals surface area contributed by atoms with E-state index in [1.165, 1.54) is 17.3 Å². The van der Waals surface area contributed by atoms with Gasteiger partial charge >= 0.3 is 0 Å². The van der Waals surface area contributed by atoms with Crippen LogP contribution in [0.4, 0.5) is 10.1 Å². The lowest BCUT2D eigenvalue weighted by atomic mass is 10.1. The van der Waals surface area contributed by atoms with Crippen molar-refractivity contribution in [2.24, 2.45) is 4.99 Å². The van der Waals surface area contributed by atoms with Crippen LogP contribution in [-0.4, -0.2) is 42.7 Å². The van der Waals surface area contributed by atoms with Crippen LogP contribution in [0, 0.1) is 12.7 Å². The van der Waals surface area contributed by atoms with Gasteiger partial charge in [-0.05, 0) is 74.2 Å². The van der Waals surface area contributed by atoms with Gasteiger partial charge in [0.05, 0.1) is 6.54 Å². The topological polar surface area (TPSA) is 40.8 Å². The number of pyridine rings is 1. The Morgan fingerprint density at radius 2 is 1.69 bits per heavy atom. The number of likely N-dealkylation sites (N-methyl/N-ethyl adjacent to an activating group) is 1. The van der Waals surface area contributed by atoms with E-state index >= 15 is 0 Å². The van der Waals surface area contributed by atoms with Crippen LogP contribution < -0.4 is 21.2 Å². The summed E-state index contributed by atoms with van der Waals surface area (Å²) in [6, 6.07) is 17.3. The molecule has 0 amide bonds. The molecule has 0 bridgehead atoms. The molecule has 2 aliphatic rings. The zero-order valence-electron chi connectivity index (χ0n) is 21.1. The number of rotatable bonds is 6. The molecular formula is C30H33FN4O. The number of halogens is 1. The minimum atomic E-state index is -0.259. The van der Waals surface area contributed by atoms with Crippen LogP contribution in [0.3, 0.4) is 0 Å². The van der Waals surface area contributed by atoms with Crippen molar-refractivity contribution in [1.82, 2.24) is 9.47 Å². The predicted octanol–water partition coefficient (Wildman–Crippen LogP) is 3.42. The van der Waals surface area contributed by atoms with E-state index in [-0.39, 0.29) is 11.4 Å². The van der Waals surface area contributed by atoms with Crippen LogP contribution in [0.15, 0.2) is 76.2 Å². The van der Waals surface area contributed by atoms with Gasteiger partial charge in [0.15, 0.2) is 0 Å². The van der Waals surface area contributed by atoms with Crippen molar-refractivity contribution in [2.75, 3.05) is 38.1 Å². The number of nitrogens with zero attached hydrogens (tertiary/aromatic N) is 4. The molecule has 1 saturated heterocycles.